The zero-order chi connectivity index (χ0) is 22.7. The van der Waals surface area contributed by atoms with E-state index in [1.165, 1.54) is 13.8 Å². The average molecular weight is 464 g/mol. The lowest BCUT2D eigenvalue weighted by atomic mass is 10.0. The lowest BCUT2D eigenvalue weighted by Gasteiger charge is -2.37. The molecule has 5 heterocycles. The second-order valence-corrected chi connectivity index (χ2v) is 11.7. The lowest BCUT2D eigenvalue weighted by Crippen LogP contribution is -2.51. The minimum absolute atomic E-state index is 0.0752. The van der Waals surface area contributed by atoms with Crippen LogP contribution in [0.3, 0.4) is 0 Å². The third kappa shape index (κ3) is 3.87. The fourth-order valence-electron chi connectivity index (χ4n) is 4.86. The van der Waals surface area contributed by atoms with E-state index in [-0.39, 0.29) is 41.3 Å². The fraction of sp³-hybridized carbons (Fsp3) is 0.619. The number of carbonyl (C=O) groups excluding carboxylic acids is 1. The highest BCUT2D eigenvalue weighted by Gasteiger charge is 2.47. The van der Waals surface area contributed by atoms with Gasteiger partial charge in [0.25, 0.3) is 5.89 Å². The molecule has 3 aliphatic rings. The van der Waals surface area contributed by atoms with E-state index in [1.807, 2.05) is 17.0 Å². The van der Waals surface area contributed by atoms with Crippen molar-refractivity contribution in [3.63, 3.8) is 0 Å². The molecule has 11 heteroatoms. The number of nitrogens with zero attached hydrogens (tertiary/aromatic N) is 5. The predicted octanol–water partition coefficient (Wildman–Crippen LogP) is 1.95. The maximum atomic E-state index is 14.0. The second kappa shape index (κ2) is 7.50. The molecule has 0 radical (unpaired) electrons. The first-order chi connectivity index (χ1) is 15.1. The van der Waals surface area contributed by atoms with E-state index < -0.39 is 15.5 Å². The monoisotopic (exact) mass is 463 g/mol. The van der Waals surface area contributed by atoms with Crippen molar-refractivity contribution < 1.29 is 22.1 Å². The van der Waals surface area contributed by atoms with Crippen LogP contribution < -0.4 is 4.90 Å². The molecule has 3 aliphatic heterocycles. The van der Waals surface area contributed by atoms with Crippen LogP contribution in [-0.2, 0) is 20.3 Å². The number of alkyl halides is 1. The van der Waals surface area contributed by atoms with Crippen LogP contribution in [0.2, 0.25) is 0 Å². The maximum Gasteiger partial charge on any atom is 0.264 e. The SMILES string of the molecule is CC(C)(F)c1nc(-c2ccc(N3CC4CC3CN4C(=O)C3CCS(=O)(=O)CC3)nc2)no1. The molecule has 0 aromatic carbocycles. The van der Waals surface area contributed by atoms with Crippen LogP contribution in [0.25, 0.3) is 11.4 Å². The number of piperazine rings is 1. The van der Waals surface area contributed by atoms with Gasteiger partial charge in [0.15, 0.2) is 5.67 Å². The summed E-state index contributed by atoms with van der Waals surface area (Å²) >= 11 is 0. The number of pyridine rings is 1. The van der Waals surface area contributed by atoms with Crippen LogP contribution in [0, 0.1) is 5.92 Å². The first-order valence-corrected chi connectivity index (χ1v) is 12.7. The quantitative estimate of drug-likeness (QED) is 0.677. The molecule has 9 nitrogen and oxygen atoms in total. The first kappa shape index (κ1) is 21.3. The molecule has 3 saturated heterocycles. The molecule has 32 heavy (non-hydrogen) atoms. The molecular formula is C21H26FN5O4S. The number of hydrogen-bond acceptors (Lipinski definition) is 8. The summed E-state index contributed by atoms with van der Waals surface area (Å²) in [6.07, 6.45) is 3.39. The summed E-state index contributed by atoms with van der Waals surface area (Å²) in [7, 11) is -2.98. The fourth-order valence-corrected chi connectivity index (χ4v) is 6.35. The maximum absolute atomic E-state index is 14.0. The predicted molar refractivity (Wildman–Crippen MR) is 114 cm³/mol. The molecular weight excluding hydrogens is 437 g/mol. The molecule has 2 atom stereocenters. The van der Waals surface area contributed by atoms with Crippen LogP contribution >= 0.6 is 0 Å². The number of aromatic nitrogens is 3. The zero-order valence-corrected chi connectivity index (χ0v) is 18.9. The summed E-state index contributed by atoms with van der Waals surface area (Å²) in [5.74, 6) is 1.16. The Morgan fingerprint density at radius 3 is 2.50 bits per heavy atom. The van der Waals surface area contributed by atoms with E-state index in [2.05, 4.69) is 20.0 Å². The highest BCUT2D eigenvalue weighted by Crippen LogP contribution is 2.36. The van der Waals surface area contributed by atoms with Gasteiger partial charge in [-0.25, -0.2) is 17.8 Å². The number of amides is 1. The zero-order valence-electron chi connectivity index (χ0n) is 18.1. The highest BCUT2D eigenvalue weighted by atomic mass is 32.2. The van der Waals surface area contributed by atoms with Crippen LogP contribution in [-0.4, -0.2) is 71.0 Å². The van der Waals surface area contributed by atoms with Crippen molar-refractivity contribution in [2.24, 2.45) is 5.92 Å². The van der Waals surface area contributed by atoms with Crippen LogP contribution in [0.1, 0.15) is 39.0 Å². The molecule has 5 rings (SSSR count). The smallest absolute Gasteiger partial charge is 0.264 e. The number of fused-ring (bicyclic) bond motifs is 2. The van der Waals surface area contributed by atoms with E-state index in [0.29, 0.717) is 37.3 Å². The van der Waals surface area contributed by atoms with E-state index in [1.54, 1.807) is 6.20 Å². The van der Waals surface area contributed by atoms with Crippen LogP contribution in [0.15, 0.2) is 22.9 Å². The van der Waals surface area contributed by atoms with Crippen molar-refractivity contribution in [1.29, 1.82) is 0 Å². The number of hydrogen-bond donors (Lipinski definition) is 0. The molecule has 0 spiro atoms. The molecule has 0 N–H and O–H groups in total. The van der Waals surface area contributed by atoms with Gasteiger partial charge in [0, 0.05) is 30.8 Å². The average Bonchev–Trinajstić information content (AvgIpc) is 3.48. The third-order valence-corrected chi connectivity index (χ3v) is 8.38. The summed E-state index contributed by atoms with van der Waals surface area (Å²) < 4.78 is 42.3. The molecule has 2 aromatic heterocycles. The Labute approximate surface area is 185 Å². The largest absolute Gasteiger partial charge is 0.350 e. The van der Waals surface area contributed by atoms with Gasteiger partial charge in [-0.2, -0.15) is 4.98 Å². The van der Waals surface area contributed by atoms with Gasteiger partial charge >= 0.3 is 0 Å². The summed E-state index contributed by atoms with van der Waals surface area (Å²) in [6, 6.07) is 4.03. The normalized spacial score (nSPS) is 25.5. The topological polar surface area (TPSA) is 110 Å². The van der Waals surface area contributed by atoms with E-state index >= 15 is 0 Å². The van der Waals surface area contributed by atoms with E-state index in [4.69, 9.17) is 4.52 Å². The number of halogens is 1. The van der Waals surface area contributed by atoms with Gasteiger partial charge in [0.2, 0.25) is 11.7 Å². The number of sulfone groups is 1. The van der Waals surface area contributed by atoms with E-state index in [0.717, 1.165) is 12.2 Å². The van der Waals surface area contributed by atoms with Crippen molar-refractivity contribution in [1.82, 2.24) is 20.0 Å². The van der Waals surface area contributed by atoms with Crippen LogP contribution in [0.4, 0.5) is 10.2 Å². The first-order valence-electron chi connectivity index (χ1n) is 10.9. The van der Waals surface area contributed by atoms with Gasteiger partial charge in [-0.05, 0) is 45.2 Å². The number of anilines is 1. The molecule has 172 valence electrons. The molecule has 0 aliphatic carbocycles. The second-order valence-electron chi connectivity index (χ2n) is 9.41. The third-order valence-electron chi connectivity index (χ3n) is 6.66. The Bertz CT molecular complexity index is 1110. The molecule has 1 amide bonds. The van der Waals surface area contributed by atoms with Gasteiger partial charge in [0.05, 0.1) is 23.6 Å². The molecule has 2 unspecified atom stereocenters. The van der Waals surface area contributed by atoms with Crippen molar-refractivity contribution in [2.45, 2.75) is 50.9 Å². The number of rotatable bonds is 4. The summed E-state index contributed by atoms with van der Waals surface area (Å²) in [5, 5.41) is 3.84. The molecule has 3 fully saturated rings. The Morgan fingerprint density at radius 2 is 1.94 bits per heavy atom. The van der Waals surface area contributed by atoms with Crippen molar-refractivity contribution >= 4 is 21.6 Å². The molecule has 2 bridgehead atoms. The Balaban J connectivity index is 1.23. The van der Waals surface area contributed by atoms with Crippen molar-refractivity contribution in [2.75, 3.05) is 29.5 Å². The minimum atomic E-state index is -2.98. The van der Waals surface area contributed by atoms with E-state index in [9.17, 15) is 17.6 Å². The molecule has 2 aromatic rings. The number of likely N-dealkylation sites (tertiary alicyclic amines) is 1. The van der Waals surface area contributed by atoms with Gasteiger partial charge in [-0.3, -0.25) is 4.79 Å². The summed E-state index contributed by atoms with van der Waals surface area (Å²) in [5.41, 5.74) is -1.07. The van der Waals surface area contributed by atoms with Gasteiger partial charge in [0.1, 0.15) is 15.7 Å². The van der Waals surface area contributed by atoms with Crippen molar-refractivity contribution in [3.8, 4) is 11.4 Å². The Kier molecular flexibility index (Phi) is 4.99. The minimum Gasteiger partial charge on any atom is -0.350 e. The lowest BCUT2D eigenvalue weighted by molar-refractivity contribution is -0.136. The standard InChI is InChI=1S/C21H26FN5O4S/c1-21(2,22)20-24-18(25-31-20)14-3-4-17(23-10-14)26-11-16-9-15(26)12-27(16)19(28)13-5-7-32(29,30)8-6-13/h3-4,10,13,15-16H,5-9,11-12H2,1-2H3. The molecule has 0 saturated carbocycles. The Hall–Kier alpha value is -2.56. The summed E-state index contributed by atoms with van der Waals surface area (Å²) in [4.78, 5) is 25.8. The van der Waals surface area contributed by atoms with Gasteiger partial charge in [-0.1, -0.05) is 5.16 Å². The highest BCUT2D eigenvalue weighted by molar-refractivity contribution is 7.91. The van der Waals surface area contributed by atoms with Gasteiger partial charge in [-0.15, -0.1) is 0 Å². The van der Waals surface area contributed by atoms with Gasteiger partial charge < -0.3 is 14.3 Å². The Morgan fingerprint density at radius 1 is 1.19 bits per heavy atom. The summed E-state index contributed by atoms with van der Waals surface area (Å²) in [6.45, 7) is 4.06. The van der Waals surface area contributed by atoms with Crippen molar-refractivity contribution in [3.05, 3.63) is 24.2 Å². The number of carbonyl (C=O) groups is 1. The van der Waals surface area contributed by atoms with Crippen LogP contribution in [0.5, 0.6) is 0 Å².